The molecule has 0 amide bonds. The molecule has 10 heteroatoms. The molecule has 176 valence electrons. The van der Waals surface area contributed by atoms with Crippen LogP contribution in [0.25, 0.3) is 22.4 Å². The van der Waals surface area contributed by atoms with E-state index in [9.17, 15) is 8.78 Å². The summed E-state index contributed by atoms with van der Waals surface area (Å²) in [4.78, 5) is 20.0. The molecule has 0 radical (unpaired) electrons. The average Bonchev–Trinajstić information content (AvgIpc) is 3.54. The molecule has 34 heavy (non-hydrogen) atoms. The van der Waals surface area contributed by atoms with Crippen LogP contribution in [0.15, 0.2) is 36.7 Å². The van der Waals surface area contributed by atoms with Gasteiger partial charge in [-0.3, -0.25) is 4.68 Å². The third-order valence-corrected chi connectivity index (χ3v) is 5.86. The molecule has 1 aliphatic heterocycles. The van der Waals surface area contributed by atoms with E-state index in [2.05, 4.69) is 25.0 Å². The number of anilines is 1. The van der Waals surface area contributed by atoms with E-state index in [-0.39, 0.29) is 5.56 Å². The van der Waals surface area contributed by atoms with Crippen LogP contribution in [-0.2, 0) is 4.74 Å². The van der Waals surface area contributed by atoms with Crippen LogP contribution in [-0.4, -0.2) is 56.0 Å². The molecule has 2 fully saturated rings. The number of fused-ring (bicyclic) bond motifs is 1. The zero-order valence-electron chi connectivity index (χ0n) is 19.1. The lowest BCUT2D eigenvalue weighted by atomic mass is 10.1. The highest BCUT2D eigenvalue weighted by Gasteiger charge is 2.23. The first-order valence-corrected chi connectivity index (χ1v) is 11.3. The van der Waals surface area contributed by atoms with Gasteiger partial charge in [-0.25, -0.2) is 23.7 Å². The summed E-state index contributed by atoms with van der Waals surface area (Å²) in [6, 6.07) is 6.12. The lowest BCUT2D eigenvalue weighted by Gasteiger charge is -2.27. The number of morpholine rings is 1. The molecule has 1 aromatic carbocycles. The van der Waals surface area contributed by atoms with Gasteiger partial charge in [0.05, 0.1) is 30.6 Å². The van der Waals surface area contributed by atoms with E-state index in [4.69, 9.17) is 4.74 Å². The summed E-state index contributed by atoms with van der Waals surface area (Å²) in [5, 5.41) is 4.09. The number of halogens is 2. The van der Waals surface area contributed by atoms with Gasteiger partial charge >= 0.3 is 0 Å². The Morgan fingerprint density at radius 2 is 1.74 bits per heavy atom. The van der Waals surface area contributed by atoms with Crippen molar-refractivity contribution < 1.29 is 13.5 Å². The van der Waals surface area contributed by atoms with E-state index in [1.54, 1.807) is 0 Å². The number of rotatable bonds is 3. The number of hydrogen-bond donors (Lipinski definition) is 0. The largest absolute Gasteiger partial charge is 0.378 e. The van der Waals surface area contributed by atoms with Gasteiger partial charge in [0.25, 0.3) is 0 Å². The van der Waals surface area contributed by atoms with E-state index in [0.29, 0.717) is 54.8 Å². The van der Waals surface area contributed by atoms with Crippen LogP contribution in [0.4, 0.5) is 14.7 Å². The Morgan fingerprint density at radius 3 is 2.41 bits per heavy atom. The molecule has 0 bridgehead atoms. The normalized spacial score (nSPS) is 15.8. The first kappa shape index (κ1) is 22.3. The number of benzene rings is 1. The molecule has 0 atom stereocenters. The molecule has 8 nitrogen and oxygen atoms in total. The Hall–Kier alpha value is -3.53. The number of ether oxygens (including phenoxy) is 1. The van der Waals surface area contributed by atoms with Crippen molar-refractivity contribution in [1.29, 1.82) is 0 Å². The topological polar surface area (TPSA) is 81.8 Å². The predicted octanol–water partition coefficient (Wildman–Crippen LogP) is 4.04. The highest BCUT2D eigenvalue weighted by molar-refractivity contribution is 5.88. The van der Waals surface area contributed by atoms with Crippen LogP contribution in [0.3, 0.4) is 0 Å². The second kappa shape index (κ2) is 9.38. The van der Waals surface area contributed by atoms with E-state index in [1.807, 2.05) is 41.9 Å². The smallest absolute Gasteiger partial charge is 0.228 e. The SMILES string of the molecule is Cc1nc2nc(N3CCOCC3)nc(-c3ccc(F)cc3F)c2nc1C.c1cnn(C2CC2)c1. The van der Waals surface area contributed by atoms with Crippen molar-refractivity contribution in [1.82, 2.24) is 29.7 Å². The van der Waals surface area contributed by atoms with Gasteiger partial charge in [0, 0.05) is 37.1 Å². The summed E-state index contributed by atoms with van der Waals surface area (Å²) in [6.45, 7) is 6.07. The van der Waals surface area contributed by atoms with Crippen LogP contribution in [0, 0.1) is 25.5 Å². The van der Waals surface area contributed by atoms with Crippen LogP contribution >= 0.6 is 0 Å². The maximum Gasteiger partial charge on any atom is 0.228 e. The van der Waals surface area contributed by atoms with Gasteiger partial charge in [-0.15, -0.1) is 0 Å². The molecule has 0 N–H and O–H groups in total. The molecule has 6 rings (SSSR count). The number of hydrogen-bond acceptors (Lipinski definition) is 7. The van der Waals surface area contributed by atoms with Crippen molar-refractivity contribution in [2.45, 2.75) is 32.7 Å². The van der Waals surface area contributed by atoms with Crippen molar-refractivity contribution >= 4 is 17.1 Å². The van der Waals surface area contributed by atoms with Crippen molar-refractivity contribution in [2.24, 2.45) is 0 Å². The third-order valence-electron chi connectivity index (χ3n) is 5.86. The molecule has 4 aromatic rings. The van der Waals surface area contributed by atoms with Gasteiger partial charge in [0.15, 0.2) is 5.65 Å². The molecule has 3 aromatic heterocycles. The highest BCUT2D eigenvalue weighted by Crippen LogP contribution is 2.33. The highest BCUT2D eigenvalue weighted by atomic mass is 19.1. The number of nitrogens with zero attached hydrogens (tertiary/aromatic N) is 7. The first-order chi connectivity index (χ1) is 16.5. The Morgan fingerprint density at radius 1 is 0.971 bits per heavy atom. The summed E-state index contributed by atoms with van der Waals surface area (Å²) >= 11 is 0. The van der Waals surface area contributed by atoms with Crippen LogP contribution in [0.1, 0.15) is 30.3 Å². The fourth-order valence-corrected chi connectivity index (χ4v) is 3.71. The van der Waals surface area contributed by atoms with Crippen molar-refractivity contribution in [3.63, 3.8) is 0 Å². The molecule has 1 aliphatic carbocycles. The van der Waals surface area contributed by atoms with E-state index < -0.39 is 11.6 Å². The van der Waals surface area contributed by atoms with E-state index in [0.717, 1.165) is 17.8 Å². The van der Waals surface area contributed by atoms with Gasteiger partial charge in [-0.2, -0.15) is 10.1 Å². The van der Waals surface area contributed by atoms with Gasteiger partial charge in [0.2, 0.25) is 5.95 Å². The lowest BCUT2D eigenvalue weighted by molar-refractivity contribution is 0.122. The molecule has 4 heterocycles. The summed E-state index contributed by atoms with van der Waals surface area (Å²) < 4.78 is 35.2. The molecule has 1 saturated heterocycles. The maximum atomic E-state index is 14.4. The molecule has 2 aliphatic rings. The zero-order chi connectivity index (χ0) is 23.7. The van der Waals surface area contributed by atoms with Crippen molar-refractivity contribution in [3.05, 3.63) is 59.7 Å². The maximum absolute atomic E-state index is 14.4. The summed E-state index contributed by atoms with van der Waals surface area (Å²) in [6.07, 6.45) is 6.50. The summed E-state index contributed by atoms with van der Waals surface area (Å²) in [7, 11) is 0. The molecule has 0 unspecified atom stereocenters. The standard InChI is InChI=1S/C18H17F2N5O.C6H8N2/c1-10-11(2)22-17-16(21-10)15(13-4-3-12(19)9-14(13)20)23-18(24-17)25-5-7-26-8-6-25;1-4-7-8(5-1)6-2-3-6/h3-4,9H,5-8H2,1-2H3;1,4-6H,2-3H2. The van der Waals surface area contributed by atoms with Crippen LogP contribution in [0.5, 0.6) is 0 Å². The van der Waals surface area contributed by atoms with Gasteiger partial charge in [-0.05, 0) is 44.9 Å². The minimum atomic E-state index is -0.696. The first-order valence-electron chi connectivity index (χ1n) is 11.3. The van der Waals surface area contributed by atoms with Crippen molar-refractivity contribution in [3.8, 4) is 11.3 Å². The van der Waals surface area contributed by atoms with Gasteiger partial charge in [-0.1, -0.05) is 0 Å². The molecule has 0 spiro atoms. The Labute approximate surface area is 195 Å². The third kappa shape index (κ3) is 4.72. The average molecular weight is 466 g/mol. The fraction of sp³-hybridized carbons (Fsp3) is 0.375. The second-order valence-electron chi connectivity index (χ2n) is 8.38. The van der Waals surface area contributed by atoms with E-state index >= 15 is 0 Å². The summed E-state index contributed by atoms with van der Waals surface area (Å²) in [5.74, 6) is -0.897. The predicted molar refractivity (Wildman–Crippen MR) is 123 cm³/mol. The molecular formula is C24H25F2N7O. The van der Waals surface area contributed by atoms with Crippen LogP contribution < -0.4 is 4.90 Å². The van der Waals surface area contributed by atoms with Crippen molar-refractivity contribution in [2.75, 3.05) is 31.2 Å². The van der Waals surface area contributed by atoms with E-state index in [1.165, 1.54) is 25.0 Å². The lowest BCUT2D eigenvalue weighted by Crippen LogP contribution is -2.37. The zero-order valence-corrected chi connectivity index (χ0v) is 19.1. The van der Waals surface area contributed by atoms with Gasteiger partial charge < -0.3 is 9.64 Å². The Balaban J connectivity index is 0.000000252. The number of aryl methyl sites for hydroxylation is 2. The molecular weight excluding hydrogens is 440 g/mol. The van der Waals surface area contributed by atoms with Gasteiger partial charge in [0.1, 0.15) is 22.8 Å². The Kier molecular flexibility index (Phi) is 6.14. The fourth-order valence-electron chi connectivity index (χ4n) is 3.71. The number of aromatic nitrogens is 6. The Bertz CT molecular complexity index is 1300. The monoisotopic (exact) mass is 465 g/mol. The molecule has 1 saturated carbocycles. The second-order valence-corrected chi connectivity index (χ2v) is 8.38. The summed E-state index contributed by atoms with van der Waals surface area (Å²) in [5.41, 5.74) is 2.73. The quantitative estimate of drug-likeness (QED) is 0.452. The van der Waals surface area contributed by atoms with Crippen LogP contribution in [0.2, 0.25) is 0 Å². The minimum Gasteiger partial charge on any atom is -0.378 e. The minimum absolute atomic E-state index is 0.172.